The van der Waals surface area contributed by atoms with Crippen LogP contribution < -0.4 is 10.6 Å². The summed E-state index contributed by atoms with van der Waals surface area (Å²) >= 11 is 1.72. The number of nitrogens with one attached hydrogen (secondary N) is 2. The number of aryl methyl sites for hydroxylation is 2. The minimum atomic E-state index is -0.145. The summed E-state index contributed by atoms with van der Waals surface area (Å²) in [5, 5.41) is 6.00. The molecule has 2 N–H and O–H groups in total. The number of anilines is 1. The van der Waals surface area contributed by atoms with Crippen LogP contribution in [0.1, 0.15) is 32.7 Å². The monoisotopic (exact) mass is 289 g/mol. The number of pyridine rings is 1. The summed E-state index contributed by atoms with van der Waals surface area (Å²) in [5.41, 5.74) is 1.71. The smallest absolute Gasteiger partial charge is 0.270 e. The van der Waals surface area contributed by atoms with E-state index >= 15 is 0 Å². The molecule has 1 amide bonds. The molecule has 2 aromatic rings. The number of carbonyl (C=O) groups is 1. The largest absolute Gasteiger partial charge is 0.370 e. The van der Waals surface area contributed by atoms with Crippen molar-refractivity contribution in [2.75, 3.05) is 11.9 Å². The van der Waals surface area contributed by atoms with Gasteiger partial charge in [-0.05, 0) is 44.5 Å². The first-order chi connectivity index (χ1) is 9.60. The Morgan fingerprint density at radius 2 is 2.15 bits per heavy atom. The van der Waals surface area contributed by atoms with Crippen molar-refractivity contribution in [3.05, 3.63) is 45.3 Å². The molecule has 0 aliphatic heterocycles. The number of hydrogen-bond acceptors (Lipinski definition) is 4. The van der Waals surface area contributed by atoms with Crippen LogP contribution in [0, 0.1) is 13.8 Å². The molecule has 0 fully saturated rings. The van der Waals surface area contributed by atoms with Crippen LogP contribution in [0.4, 0.5) is 5.82 Å². The van der Waals surface area contributed by atoms with Crippen LogP contribution >= 0.6 is 11.3 Å². The Morgan fingerprint density at radius 3 is 2.80 bits per heavy atom. The zero-order valence-electron chi connectivity index (χ0n) is 12.0. The predicted molar refractivity (Wildman–Crippen MR) is 83.4 cm³/mol. The summed E-state index contributed by atoms with van der Waals surface area (Å²) in [6, 6.07) is 7.52. The average Bonchev–Trinajstić information content (AvgIpc) is 2.76. The van der Waals surface area contributed by atoms with Gasteiger partial charge in [-0.2, -0.15) is 0 Å². The number of carbonyl (C=O) groups excluding carboxylic acids is 1. The molecule has 2 rings (SSSR count). The van der Waals surface area contributed by atoms with Gasteiger partial charge in [0.25, 0.3) is 5.91 Å². The van der Waals surface area contributed by atoms with E-state index in [0.29, 0.717) is 12.2 Å². The van der Waals surface area contributed by atoms with E-state index in [1.165, 1.54) is 10.4 Å². The van der Waals surface area contributed by atoms with Gasteiger partial charge in [0.15, 0.2) is 0 Å². The van der Waals surface area contributed by atoms with Crippen LogP contribution in [0.2, 0.25) is 0 Å². The molecule has 4 nitrogen and oxygen atoms in total. The number of hydrogen-bond donors (Lipinski definition) is 2. The second-order valence-electron chi connectivity index (χ2n) is 4.57. The van der Waals surface area contributed by atoms with E-state index in [9.17, 15) is 4.79 Å². The summed E-state index contributed by atoms with van der Waals surface area (Å²) in [4.78, 5) is 18.8. The lowest BCUT2D eigenvalue weighted by Gasteiger charge is -2.06. The zero-order valence-corrected chi connectivity index (χ0v) is 12.8. The molecule has 0 saturated carbocycles. The van der Waals surface area contributed by atoms with Gasteiger partial charge in [-0.15, -0.1) is 11.3 Å². The Labute approximate surface area is 123 Å². The molecule has 0 aliphatic carbocycles. The maximum Gasteiger partial charge on any atom is 0.270 e. The highest BCUT2D eigenvalue weighted by atomic mass is 32.1. The van der Waals surface area contributed by atoms with Crippen LogP contribution in [0.25, 0.3) is 0 Å². The molecule has 20 heavy (non-hydrogen) atoms. The highest BCUT2D eigenvalue weighted by molar-refractivity contribution is 7.12. The first kappa shape index (κ1) is 14.5. The van der Waals surface area contributed by atoms with E-state index in [1.807, 2.05) is 19.1 Å². The van der Waals surface area contributed by atoms with Gasteiger partial charge in [0.05, 0.1) is 6.54 Å². The number of nitrogens with zero attached hydrogens (tertiary/aromatic N) is 1. The fourth-order valence-corrected chi connectivity index (χ4v) is 2.83. The summed E-state index contributed by atoms with van der Waals surface area (Å²) in [6.45, 7) is 7.50. The fourth-order valence-electron chi connectivity index (χ4n) is 1.84. The molecule has 0 saturated heterocycles. The topological polar surface area (TPSA) is 54.0 Å². The maximum absolute atomic E-state index is 12.1. The van der Waals surface area contributed by atoms with Gasteiger partial charge in [-0.25, -0.2) is 4.98 Å². The van der Waals surface area contributed by atoms with Gasteiger partial charge in [-0.1, -0.05) is 6.07 Å². The van der Waals surface area contributed by atoms with E-state index in [4.69, 9.17) is 0 Å². The minimum absolute atomic E-state index is 0.145. The first-order valence-corrected chi connectivity index (χ1v) is 7.47. The Kier molecular flexibility index (Phi) is 4.74. The zero-order chi connectivity index (χ0) is 14.5. The normalized spacial score (nSPS) is 10.3. The molecule has 0 atom stereocenters. The highest BCUT2D eigenvalue weighted by Crippen LogP contribution is 2.20. The first-order valence-electron chi connectivity index (χ1n) is 6.65. The third-order valence-corrected chi connectivity index (χ3v) is 4.13. The van der Waals surface area contributed by atoms with Gasteiger partial charge in [0, 0.05) is 16.3 Å². The third-order valence-electron chi connectivity index (χ3n) is 2.98. The lowest BCUT2D eigenvalue weighted by atomic mass is 10.3. The van der Waals surface area contributed by atoms with Crippen molar-refractivity contribution in [2.24, 2.45) is 0 Å². The van der Waals surface area contributed by atoms with Crippen molar-refractivity contribution in [3.8, 4) is 0 Å². The van der Waals surface area contributed by atoms with Crippen molar-refractivity contribution >= 4 is 23.1 Å². The van der Waals surface area contributed by atoms with E-state index in [0.717, 1.165) is 17.2 Å². The van der Waals surface area contributed by atoms with E-state index < -0.39 is 0 Å². The summed E-state index contributed by atoms with van der Waals surface area (Å²) in [7, 11) is 0. The molecule has 0 spiro atoms. The van der Waals surface area contributed by atoms with Gasteiger partial charge < -0.3 is 10.6 Å². The van der Waals surface area contributed by atoms with Crippen molar-refractivity contribution in [1.29, 1.82) is 0 Å². The third kappa shape index (κ3) is 3.57. The molecule has 0 bridgehead atoms. The van der Waals surface area contributed by atoms with Crippen LogP contribution in [-0.2, 0) is 6.54 Å². The second-order valence-corrected chi connectivity index (χ2v) is 5.91. The van der Waals surface area contributed by atoms with Crippen molar-refractivity contribution < 1.29 is 4.79 Å². The molecule has 0 unspecified atom stereocenters. The van der Waals surface area contributed by atoms with Gasteiger partial charge in [-0.3, -0.25) is 4.79 Å². The fraction of sp³-hybridized carbons (Fsp3) is 0.333. The highest BCUT2D eigenvalue weighted by Gasteiger charge is 2.09. The van der Waals surface area contributed by atoms with Crippen LogP contribution in [0.5, 0.6) is 0 Å². The molecule has 2 aromatic heterocycles. The number of thiophene rings is 1. The van der Waals surface area contributed by atoms with Crippen LogP contribution in [0.15, 0.2) is 24.3 Å². The standard InChI is InChI=1S/C15H19N3OS/c1-4-16-14-7-5-6-13(18-14)15(19)17-9-12-8-10(2)11(3)20-12/h5-8H,4,9H2,1-3H3,(H,16,18)(H,17,19). The molecular formula is C15H19N3OS. The number of amides is 1. The molecule has 106 valence electrons. The van der Waals surface area contributed by atoms with E-state index in [1.54, 1.807) is 17.4 Å². The Bertz CT molecular complexity index is 587. The molecule has 2 heterocycles. The second kappa shape index (κ2) is 6.52. The molecule has 0 aromatic carbocycles. The van der Waals surface area contributed by atoms with Crippen molar-refractivity contribution in [1.82, 2.24) is 10.3 Å². The quantitative estimate of drug-likeness (QED) is 0.889. The van der Waals surface area contributed by atoms with Gasteiger partial charge in [0.1, 0.15) is 11.5 Å². The van der Waals surface area contributed by atoms with Crippen LogP contribution in [-0.4, -0.2) is 17.4 Å². The van der Waals surface area contributed by atoms with Crippen molar-refractivity contribution in [2.45, 2.75) is 27.3 Å². The van der Waals surface area contributed by atoms with Crippen molar-refractivity contribution in [3.63, 3.8) is 0 Å². The summed E-state index contributed by atoms with van der Waals surface area (Å²) in [5.74, 6) is 0.580. The number of aromatic nitrogens is 1. The van der Waals surface area contributed by atoms with Gasteiger partial charge >= 0.3 is 0 Å². The molecule has 0 aliphatic rings. The predicted octanol–water partition coefficient (Wildman–Crippen LogP) is 3.12. The average molecular weight is 289 g/mol. The summed E-state index contributed by atoms with van der Waals surface area (Å²) in [6.07, 6.45) is 0. The Balaban J connectivity index is 1.99. The molecule has 0 radical (unpaired) electrons. The van der Waals surface area contributed by atoms with E-state index in [2.05, 4.69) is 35.5 Å². The lowest BCUT2D eigenvalue weighted by Crippen LogP contribution is -2.23. The van der Waals surface area contributed by atoms with Gasteiger partial charge in [0.2, 0.25) is 0 Å². The maximum atomic E-state index is 12.1. The summed E-state index contributed by atoms with van der Waals surface area (Å²) < 4.78 is 0. The molecular weight excluding hydrogens is 270 g/mol. The lowest BCUT2D eigenvalue weighted by molar-refractivity contribution is 0.0946. The van der Waals surface area contributed by atoms with Crippen LogP contribution in [0.3, 0.4) is 0 Å². The SMILES string of the molecule is CCNc1cccc(C(=O)NCc2cc(C)c(C)s2)n1. The minimum Gasteiger partial charge on any atom is -0.370 e. The molecule has 5 heteroatoms. The number of rotatable bonds is 5. The Hall–Kier alpha value is -1.88. The van der Waals surface area contributed by atoms with E-state index in [-0.39, 0.29) is 5.91 Å². The Morgan fingerprint density at radius 1 is 1.35 bits per heavy atom.